The Kier molecular flexibility index (Phi) is 2.73. The van der Waals surface area contributed by atoms with Gasteiger partial charge in [-0.2, -0.15) is 0 Å². The Morgan fingerprint density at radius 1 is 1.40 bits per heavy atom. The minimum Gasteiger partial charge on any atom is -0.495 e. The van der Waals surface area contributed by atoms with Crippen molar-refractivity contribution in [2.75, 3.05) is 19.5 Å². The minimum atomic E-state index is 0.604. The molecule has 0 aliphatic carbocycles. The van der Waals surface area contributed by atoms with Gasteiger partial charge >= 0.3 is 0 Å². The maximum atomic E-state index is 5.20. The fourth-order valence-corrected chi connectivity index (χ4v) is 1.83. The Balaban J connectivity index is 2.66. The lowest BCUT2D eigenvalue weighted by Gasteiger charge is -2.05. The number of halogens is 1. The molecule has 0 saturated heterocycles. The molecule has 4 nitrogen and oxygen atoms in total. The summed E-state index contributed by atoms with van der Waals surface area (Å²) in [6.07, 6.45) is 1.78. The van der Waals surface area contributed by atoms with Crippen LogP contribution in [0.1, 0.15) is 0 Å². The molecule has 1 N–H and O–H groups in total. The molecule has 15 heavy (non-hydrogen) atoms. The van der Waals surface area contributed by atoms with E-state index >= 15 is 0 Å². The predicted octanol–water partition coefficient (Wildman–Crippen LogP) is 2.44. The summed E-state index contributed by atoms with van der Waals surface area (Å²) < 4.78 is 6.10. The van der Waals surface area contributed by atoms with Gasteiger partial charge < -0.3 is 10.1 Å². The van der Waals surface area contributed by atoms with Gasteiger partial charge in [0.2, 0.25) is 5.95 Å². The summed E-state index contributed by atoms with van der Waals surface area (Å²) in [7, 11) is 3.42. The number of hydrogen-bond acceptors (Lipinski definition) is 4. The molecule has 0 atom stereocenters. The van der Waals surface area contributed by atoms with Crippen LogP contribution in [0.2, 0.25) is 0 Å². The van der Waals surface area contributed by atoms with Crippen molar-refractivity contribution in [2.45, 2.75) is 0 Å². The van der Waals surface area contributed by atoms with Crippen molar-refractivity contribution in [3.63, 3.8) is 0 Å². The zero-order valence-electron chi connectivity index (χ0n) is 8.41. The monoisotopic (exact) mass is 267 g/mol. The van der Waals surface area contributed by atoms with E-state index in [-0.39, 0.29) is 0 Å². The van der Waals surface area contributed by atoms with Crippen molar-refractivity contribution >= 4 is 32.8 Å². The van der Waals surface area contributed by atoms with Gasteiger partial charge in [-0.3, -0.25) is 0 Å². The van der Waals surface area contributed by atoms with Crippen LogP contribution in [0.25, 0.3) is 10.9 Å². The number of hydrogen-bond donors (Lipinski definition) is 1. The van der Waals surface area contributed by atoms with E-state index in [2.05, 4.69) is 31.2 Å². The van der Waals surface area contributed by atoms with Gasteiger partial charge in [0.25, 0.3) is 0 Å². The molecule has 0 amide bonds. The highest BCUT2D eigenvalue weighted by molar-refractivity contribution is 9.10. The zero-order chi connectivity index (χ0) is 10.8. The predicted molar refractivity (Wildman–Crippen MR) is 63.3 cm³/mol. The summed E-state index contributed by atoms with van der Waals surface area (Å²) in [6.45, 7) is 0. The summed E-state index contributed by atoms with van der Waals surface area (Å²) in [5.74, 6) is 1.37. The van der Waals surface area contributed by atoms with Gasteiger partial charge in [-0.1, -0.05) is 0 Å². The maximum absolute atomic E-state index is 5.20. The Morgan fingerprint density at radius 3 is 2.87 bits per heavy atom. The molecule has 0 radical (unpaired) electrons. The van der Waals surface area contributed by atoms with Crippen molar-refractivity contribution in [3.05, 3.63) is 22.8 Å². The highest BCUT2D eigenvalue weighted by Gasteiger charge is 2.04. The number of fused-ring (bicyclic) bond motifs is 1. The van der Waals surface area contributed by atoms with Crippen LogP contribution in [0, 0.1) is 0 Å². The summed E-state index contributed by atoms with van der Waals surface area (Å²) in [6, 6.07) is 3.82. The van der Waals surface area contributed by atoms with Gasteiger partial charge in [0, 0.05) is 24.7 Å². The molecule has 0 bridgehead atoms. The van der Waals surface area contributed by atoms with Crippen molar-refractivity contribution < 1.29 is 4.74 Å². The number of ether oxygens (including phenoxy) is 1. The van der Waals surface area contributed by atoms with E-state index in [9.17, 15) is 0 Å². The average molecular weight is 268 g/mol. The van der Waals surface area contributed by atoms with Crippen molar-refractivity contribution in [1.82, 2.24) is 9.97 Å². The van der Waals surface area contributed by atoms with Gasteiger partial charge in [0.1, 0.15) is 5.75 Å². The molecule has 0 spiro atoms. The fourth-order valence-electron chi connectivity index (χ4n) is 1.31. The first kappa shape index (κ1) is 10.2. The first-order chi connectivity index (χ1) is 7.24. The maximum Gasteiger partial charge on any atom is 0.222 e. The summed E-state index contributed by atoms with van der Waals surface area (Å²) in [4.78, 5) is 8.46. The van der Waals surface area contributed by atoms with Crippen LogP contribution in [0.5, 0.6) is 5.75 Å². The summed E-state index contributed by atoms with van der Waals surface area (Å²) >= 11 is 3.42. The normalized spacial score (nSPS) is 10.3. The first-order valence-electron chi connectivity index (χ1n) is 4.42. The van der Waals surface area contributed by atoms with E-state index < -0.39 is 0 Å². The third kappa shape index (κ3) is 1.87. The molecular weight excluding hydrogens is 258 g/mol. The lowest BCUT2D eigenvalue weighted by Crippen LogP contribution is -1.96. The molecule has 2 aromatic rings. The molecular formula is C10H10BrN3O. The highest BCUT2D eigenvalue weighted by Crippen LogP contribution is 2.29. The van der Waals surface area contributed by atoms with Gasteiger partial charge in [-0.25, -0.2) is 9.97 Å². The largest absolute Gasteiger partial charge is 0.495 e. The minimum absolute atomic E-state index is 0.604. The standard InChI is InChI=1S/C10H10BrN3O/c1-12-10-13-5-6-3-7(11)9(15-2)4-8(6)14-10/h3-5H,1-2H3,(H,12,13,14). The van der Waals surface area contributed by atoms with Crippen molar-refractivity contribution in [3.8, 4) is 5.75 Å². The molecule has 0 aliphatic heterocycles. The highest BCUT2D eigenvalue weighted by atomic mass is 79.9. The number of aromatic nitrogens is 2. The van der Waals surface area contributed by atoms with Gasteiger partial charge in [-0.05, 0) is 22.0 Å². The zero-order valence-corrected chi connectivity index (χ0v) is 10.00. The van der Waals surface area contributed by atoms with Gasteiger partial charge in [0.05, 0.1) is 17.1 Å². The second kappa shape index (κ2) is 4.02. The lowest BCUT2D eigenvalue weighted by molar-refractivity contribution is 0.412. The lowest BCUT2D eigenvalue weighted by atomic mass is 10.2. The molecule has 1 aromatic heterocycles. The molecule has 1 heterocycles. The molecule has 1 aromatic carbocycles. The van der Waals surface area contributed by atoms with Gasteiger partial charge in [0.15, 0.2) is 0 Å². The molecule has 5 heteroatoms. The van der Waals surface area contributed by atoms with Crippen LogP contribution < -0.4 is 10.1 Å². The van der Waals surface area contributed by atoms with Crippen LogP contribution in [0.15, 0.2) is 22.8 Å². The molecule has 78 valence electrons. The SMILES string of the molecule is CNc1ncc2cc(Br)c(OC)cc2n1. The number of nitrogens with one attached hydrogen (secondary N) is 1. The second-order valence-electron chi connectivity index (χ2n) is 2.99. The first-order valence-corrected chi connectivity index (χ1v) is 5.22. The fraction of sp³-hybridized carbons (Fsp3) is 0.200. The summed E-state index contributed by atoms with van der Waals surface area (Å²) in [5.41, 5.74) is 0.856. The number of methoxy groups -OCH3 is 1. The van der Waals surface area contributed by atoms with Crippen LogP contribution in [-0.2, 0) is 0 Å². The molecule has 0 unspecified atom stereocenters. The quantitative estimate of drug-likeness (QED) is 0.908. The third-order valence-corrected chi connectivity index (χ3v) is 2.70. The molecule has 0 fully saturated rings. The van der Waals surface area contributed by atoms with Crippen molar-refractivity contribution in [2.24, 2.45) is 0 Å². The van der Waals surface area contributed by atoms with E-state index in [4.69, 9.17) is 4.74 Å². The van der Waals surface area contributed by atoms with E-state index in [0.717, 1.165) is 21.1 Å². The Labute approximate surface area is 95.8 Å². The van der Waals surface area contributed by atoms with Crippen LogP contribution >= 0.6 is 15.9 Å². The van der Waals surface area contributed by atoms with Crippen LogP contribution in [0.3, 0.4) is 0 Å². The number of nitrogens with zero attached hydrogens (tertiary/aromatic N) is 2. The number of benzene rings is 1. The van der Waals surface area contributed by atoms with Gasteiger partial charge in [-0.15, -0.1) is 0 Å². The van der Waals surface area contributed by atoms with E-state index in [0.29, 0.717) is 5.95 Å². The van der Waals surface area contributed by atoms with E-state index in [1.807, 2.05) is 12.1 Å². The Bertz CT molecular complexity index is 501. The van der Waals surface area contributed by atoms with Crippen molar-refractivity contribution in [1.29, 1.82) is 0 Å². The van der Waals surface area contributed by atoms with Crippen LogP contribution in [0.4, 0.5) is 5.95 Å². The molecule has 0 saturated carbocycles. The Morgan fingerprint density at radius 2 is 2.20 bits per heavy atom. The van der Waals surface area contributed by atoms with E-state index in [1.165, 1.54) is 0 Å². The molecule has 0 aliphatic rings. The Hall–Kier alpha value is -1.36. The average Bonchev–Trinajstić information content (AvgIpc) is 2.27. The smallest absolute Gasteiger partial charge is 0.222 e. The molecule has 2 rings (SSSR count). The third-order valence-electron chi connectivity index (χ3n) is 2.08. The topological polar surface area (TPSA) is 47.0 Å². The number of rotatable bonds is 2. The van der Waals surface area contributed by atoms with Crippen LogP contribution in [-0.4, -0.2) is 24.1 Å². The van der Waals surface area contributed by atoms with E-state index in [1.54, 1.807) is 20.4 Å². The summed E-state index contributed by atoms with van der Waals surface area (Å²) in [5, 5.41) is 3.87. The number of anilines is 1. The second-order valence-corrected chi connectivity index (χ2v) is 3.84.